The Morgan fingerprint density at radius 2 is 2.05 bits per heavy atom. The molecule has 1 aromatic carbocycles. The van der Waals surface area contributed by atoms with Crippen molar-refractivity contribution in [1.82, 2.24) is 4.90 Å². The van der Waals surface area contributed by atoms with Gasteiger partial charge >= 0.3 is 5.97 Å². The maximum Gasteiger partial charge on any atom is 0.353 e. The zero-order valence-electron chi connectivity index (χ0n) is 11.0. The van der Waals surface area contributed by atoms with Crippen LogP contribution in [0.25, 0.3) is 0 Å². The van der Waals surface area contributed by atoms with Gasteiger partial charge in [0.05, 0.1) is 0 Å². The Bertz CT molecular complexity index is 683. The number of carboxylic acids is 1. The number of hydrogen-bond donors (Lipinski definition) is 1. The van der Waals surface area contributed by atoms with Gasteiger partial charge in [0.2, 0.25) is 0 Å². The number of aliphatic imine (C=N–C) groups is 1. The van der Waals surface area contributed by atoms with Crippen molar-refractivity contribution in [2.45, 2.75) is 18.3 Å². The van der Waals surface area contributed by atoms with Crippen LogP contribution in [-0.4, -0.2) is 38.3 Å². The van der Waals surface area contributed by atoms with Crippen LogP contribution in [0.4, 0.5) is 0 Å². The Labute approximate surface area is 130 Å². The summed E-state index contributed by atoms with van der Waals surface area (Å²) in [5.41, 5.74) is 0.757. The summed E-state index contributed by atoms with van der Waals surface area (Å²) in [7, 11) is 0. The van der Waals surface area contributed by atoms with E-state index in [0.717, 1.165) is 10.6 Å². The van der Waals surface area contributed by atoms with Gasteiger partial charge in [-0.05, 0) is 6.92 Å². The van der Waals surface area contributed by atoms with Crippen molar-refractivity contribution < 1.29 is 14.7 Å². The molecule has 1 saturated heterocycles. The molecular formula is C14H11ClN2O3S. The summed E-state index contributed by atoms with van der Waals surface area (Å²) >= 11 is 7.20. The summed E-state index contributed by atoms with van der Waals surface area (Å²) in [5.74, 6) is -1.53. The molecule has 2 heterocycles. The van der Waals surface area contributed by atoms with Crippen LogP contribution in [0.5, 0.6) is 0 Å². The van der Waals surface area contributed by atoms with Crippen LogP contribution in [0.1, 0.15) is 12.5 Å². The molecule has 21 heavy (non-hydrogen) atoms. The second-order valence-electron chi connectivity index (χ2n) is 4.65. The zero-order chi connectivity index (χ0) is 15.1. The smallest absolute Gasteiger partial charge is 0.353 e. The van der Waals surface area contributed by atoms with Crippen molar-refractivity contribution in [3.05, 3.63) is 46.6 Å². The molecule has 2 aliphatic rings. The van der Waals surface area contributed by atoms with Crippen molar-refractivity contribution >= 4 is 40.3 Å². The number of allylic oxidation sites excluding steroid dienone is 1. The van der Waals surface area contributed by atoms with E-state index in [2.05, 4.69) is 4.99 Å². The fourth-order valence-corrected chi connectivity index (χ4v) is 3.80. The van der Waals surface area contributed by atoms with E-state index in [-0.39, 0.29) is 22.0 Å². The first-order valence-electron chi connectivity index (χ1n) is 6.23. The lowest BCUT2D eigenvalue weighted by Gasteiger charge is -2.41. The third kappa shape index (κ3) is 2.24. The number of carboxylic acid groups (broad SMARTS) is 1. The van der Waals surface area contributed by atoms with E-state index in [0.29, 0.717) is 0 Å². The van der Waals surface area contributed by atoms with E-state index >= 15 is 0 Å². The lowest BCUT2D eigenvalue weighted by molar-refractivity contribution is -0.147. The van der Waals surface area contributed by atoms with E-state index in [1.165, 1.54) is 23.6 Å². The minimum atomic E-state index is -1.21. The molecule has 0 saturated carbocycles. The minimum Gasteiger partial charge on any atom is -0.477 e. The molecule has 0 spiro atoms. The van der Waals surface area contributed by atoms with Crippen LogP contribution in [-0.2, 0) is 9.59 Å². The topological polar surface area (TPSA) is 70.0 Å². The molecule has 0 bridgehead atoms. The summed E-state index contributed by atoms with van der Waals surface area (Å²) in [6, 6.07) is 8.99. The number of thioether (sulfide) groups is 1. The SMILES string of the molecule is CC(Cl)=C(C(=O)O)N1C(=O)C2N=C(c3ccccc3)SC21. The number of hydrogen-bond acceptors (Lipinski definition) is 4. The number of carbonyl (C=O) groups is 2. The second kappa shape index (κ2) is 5.20. The number of fused-ring (bicyclic) bond motifs is 1. The number of carbonyl (C=O) groups excluding carboxylic acids is 1. The third-order valence-corrected chi connectivity index (χ3v) is 4.75. The highest BCUT2D eigenvalue weighted by Gasteiger charge is 2.55. The lowest BCUT2D eigenvalue weighted by atomic mass is 10.1. The predicted molar refractivity (Wildman–Crippen MR) is 81.2 cm³/mol. The zero-order valence-corrected chi connectivity index (χ0v) is 12.6. The number of benzene rings is 1. The Hall–Kier alpha value is -1.79. The molecule has 108 valence electrons. The molecule has 3 rings (SSSR count). The van der Waals surface area contributed by atoms with Gasteiger partial charge in [0.25, 0.3) is 5.91 Å². The van der Waals surface area contributed by atoms with Crippen molar-refractivity contribution in [2.24, 2.45) is 4.99 Å². The monoisotopic (exact) mass is 322 g/mol. The molecular weight excluding hydrogens is 312 g/mol. The van der Waals surface area contributed by atoms with Gasteiger partial charge < -0.3 is 5.11 Å². The highest BCUT2D eigenvalue weighted by atomic mass is 35.5. The number of halogens is 1. The fourth-order valence-electron chi connectivity index (χ4n) is 2.33. The Kier molecular flexibility index (Phi) is 3.51. The van der Waals surface area contributed by atoms with Crippen LogP contribution < -0.4 is 0 Å². The summed E-state index contributed by atoms with van der Waals surface area (Å²) in [6.07, 6.45) is 0. The molecule has 1 fully saturated rings. The van der Waals surface area contributed by atoms with Crippen molar-refractivity contribution in [3.8, 4) is 0 Å². The Balaban J connectivity index is 1.87. The van der Waals surface area contributed by atoms with Crippen LogP contribution in [0.2, 0.25) is 0 Å². The quantitative estimate of drug-likeness (QED) is 0.684. The first-order chi connectivity index (χ1) is 10.0. The van der Waals surface area contributed by atoms with Crippen LogP contribution in [0, 0.1) is 0 Å². The molecule has 1 aromatic rings. The van der Waals surface area contributed by atoms with E-state index in [4.69, 9.17) is 11.6 Å². The van der Waals surface area contributed by atoms with Crippen molar-refractivity contribution in [3.63, 3.8) is 0 Å². The number of nitrogens with zero attached hydrogens (tertiary/aromatic N) is 2. The summed E-state index contributed by atoms with van der Waals surface area (Å²) in [6.45, 7) is 1.46. The van der Waals surface area contributed by atoms with Crippen molar-refractivity contribution in [2.75, 3.05) is 0 Å². The molecule has 0 radical (unpaired) electrons. The van der Waals surface area contributed by atoms with Gasteiger partial charge in [-0.2, -0.15) is 0 Å². The fraction of sp³-hybridized carbons (Fsp3) is 0.214. The average molecular weight is 323 g/mol. The van der Waals surface area contributed by atoms with Gasteiger partial charge in [-0.1, -0.05) is 53.7 Å². The van der Waals surface area contributed by atoms with E-state index in [9.17, 15) is 14.7 Å². The Morgan fingerprint density at radius 1 is 1.38 bits per heavy atom. The second-order valence-corrected chi connectivity index (χ2v) is 6.32. The molecule has 2 aliphatic heterocycles. The number of aliphatic carboxylic acids is 1. The standard InChI is InChI=1S/C14H11ClN2O3S/c1-7(15)10(14(19)20)17-12(18)9-13(17)21-11(16-9)8-5-3-2-4-6-8/h2-6,9,13H,1H3,(H,19,20). The molecule has 1 N–H and O–H groups in total. The van der Waals surface area contributed by atoms with Gasteiger partial charge in [-0.25, -0.2) is 4.79 Å². The summed E-state index contributed by atoms with van der Waals surface area (Å²) in [4.78, 5) is 29.0. The van der Waals surface area contributed by atoms with Gasteiger partial charge in [0, 0.05) is 10.6 Å². The van der Waals surface area contributed by atoms with E-state index in [1.54, 1.807) is 0 Å². The van der Waals surface area contributed by atoms with Crippen molar-refractivity contribution in [1.29, 1.82) is 0 Å². The first-order valence-corrected chi connectivity index (χ1v) is 7.49. The maximum atomic E-state index is 12.1. The van der Waals surface area contributed by atoms with E-state index in [1.807, 2.05) is 30.3 Å². The highest BCUT2D eigenvalue weighted by molar-refractivity contribution is 8.15. The van der Waals surface area contributed by atoms with Gasteiger partial charge in [0.1, 0.15) is 16.1 Å². The highest BCUT2D eigenvalue weighted by Crippen LogP contribution is 2.43. The molecule has 2 atom stereocenters. The maximum absolute atomic E-state index is 12.1. The number of β-lactam (4-membered cyclic amide) rings is 1. The van der Waals surface area contributed by atoms with Crippen LogP contribution in [0.3, 0.4) is 0 Å². The summed E-state index contributed by atoms with van der Waals surface area (Å²) < 4.78 is 0. The van der Waals surface area contributed by atoms with Gasteiger partial charge in [-0.3, -0.25) is 14.7 Å². The number of likely N-dealkylation sites (tertiary alicyclic amines) is 1. The number of amides is 1. The minimum absolute atomic E-state index is 0.0862. The van der Waals surface area contributed by atoms with E-state index < -0.39 is 12.0 Å². The largest absolute Gasteiger partial charge is 0.477 e. The predicted octanol–water partition coefficient (Wildman–Crippen LogP) is 2.27. The molecule has 2 unspecified atom stereocenters. The average Bonchev–Trinajstić information content (AvgIpc) is 2.85. The molecule has 5 nitrogen and oxygen atoms in total. The van der Waals surface area contributed by atoms with Crippen LogP contribution in [0.15, 0.2) is 46.1 Å². The molecule has 0 aliphatic carbocycles. The van der Waals surface area contributed by atoms with Gasteiger partial charge in [-0.15, -0.1) is 0 Å². The molecule has 7 heteroatoms. The first kappa shape index (κ1) is 14.2. The number of rotatable bonds is 3. The molecule has 1 amide bonds. The Morgan fingerprint density at radius 3 is 2.62 bits per heavy atom. The van der Waals surface area contributed by atoms with Gasteiger partial charge in [0.15, 0.2) is 6.04 Å². The molecule has 0 aromatic heterocycles. The van der Waals surface area contributed by atoms with Crippen LogP contribution >= 0.6 is 23.4 Å². The summed E-state index contributed by atoms with van der Waals surface area (Å²) in [5, 5.41) is 9.73. The normalized spacial score (nSPS) is 25.0. The third-order valence-electron chi connectivity index (χ3n) is 3.29. The lowest BCUT2D eigenvalue weighted by Crippen LogP contribution is -2.61.